The summed E-state index contributed by atoms with van der Waals surface area (Å²) in [5, 5.41) is 18.3. The first-order valence-electron chi connectivity index (χ1n) is 11.5. The van der Waals surface area contributed by atoms with Gasteiger partial charge in [-0.15, -0.1) is 11.3 Å². The largest absolute Gasteiger partial charge is 0.392 e. The maximum Gasteiger partial charge on any atom is 0.227 e. The number of nitrogens with zero attached hydrogens (tertiary/aromatic N) is 8. The van der Waals surface area contributed by atoms with Crippen LogP contribution in [0.15, 0.2) is 30.7 Å². The molecule has 4 aromatic rings. The number of aryl methyl sites for hydroxylation is 2. The van der Waals surface area contributed by atoms with Gasteiger partial charge in [0.1, 0.15) is 16.6 Å². The lowest BCUT2D eigenvalue weighted by molar-refractivity contribution is 0.115. The first kappa shape index (κ1) is 21.4. The third-order valence-electron chi connectivity index (χ3n) is 6.44. The molecule has 176 valence electrons. The summed E-state index contributed by atoms with van der Waals surface area (Å²) in [4.78, 5) is 23.6. The minimum Gasteiger partial charge on any atom is -0.392 e. The van der Waals surface area contributed by atoms with Crippen LogP contribution in [0.5, 0.6) is 0 Å². The number of aromatic nitrogens is 6. The van der Waals surface area contributed by atoms with Gasteiger partial charge in [0.25, 0.3) is 0 Å². The molecule has 0 saturated carbocycles. The standard InChI is InChI=1S/C23H27N9OS/c1-13-4-21(29-23(26-13)32-12-16-5-17(32)11-31(16)9-14(2)33)28-20-6-18-19(8-24-20)34-22(27-18)15-7-25-30(3)10-15/h4,6-8,10,14,16-17,33H,5,9,11-12H2,1-3H3,(H,24,26,28,29)/t14-,16+,17+/m1/s1. The zero-order valence-corrected chi connectivity index (χ0v) is 20.2. The van der Waals surface area contributed by atoms with Gasteiger partial charge in [0.15, 0.2) is 0 Å². The summed E-state index contributed by atoms with van der Waals surface area (Å²) in [6.07, 6.45) is 6.42. The fourth-order valence-electron chi connectivity index (χ4n) is 4.99. The van der Waals surface area contributed by atoms with Gasteiger partial charge in [0, 0.05) is 74.5 Å². The fraction of sp³-hybridized carbons (Fsp3) is 0.435. The maximum absolute atomic E-state index is 9.76. The van der Waals surface area contributed by atoms with E-state index in [0.717, 1.165) is 64.3 Å². The zero-order chi connectivity index (χ0) is 23.4. The molecule has 2 saturated heterocycles. The molecule has 3 atom stereocenters. The monoisotopic (exact) mass is 477 g/mol. The van der Waals surface area contributed by atoms with Crippen molar-refractivity contribution in [3.8, 4) is 10.6 Å². The summed E-state index contributed by atoms with van der Waals surface area (Å²) in [6, 6.07) is 4.72. The lowest BCUT2D eigenvalue weighted by Gasteiger charge is -2.34. The average Bonchev–Trinajstić information content (AvgIpc) is 3.55. The van der Waals surface area contributed by atoms with Crippen molar-refractivity contribution in [2.45, 2.75) is 38.5 Å². The summed E-state index contributed by atoms with van der Waals surface area (Å²) < 4.78 is 2.80. The van der Waals surface area contributed by atoms with Crippen LogP contribution in [-0.4, -0.2) is 77.5 Å². The van der Waals surface area contributed by atoms with Crippen molar-refractivity contribution >= 4 is 39.1 Å². The molecule has 6 heterocycles. The summed E-state index contributed by atoms with van der Waals surface area (Å²) >= 11 is 1.60. The van der Waals surface area contributed by atoms with Crippen molar-refractivity contribution in [3.63, 3.8) is 0 Å². The number of aliphatic hydroxyl groups is 1. The third-order valence-corrected chi connectivity index (χ3v) is 7.49. The molecule has 0 aromatic carbocycles. The Morgan fingerprint density at radius 2 is 2.03 bits per heavy atom. The van der Waals surface area contributed by atoms with Gasteiger partial charge in [-0.25, -0.2) is 15.0 Å². The first-order chi connectivity index (χ1) is 16.4. The molecule has 10 nitrogen and oxygen atoms in total. The molecule has 0 spiro atoms. The van der Waals surface area contributed by atoms with Crippen molar-refractivity contribution in [3.05, 3.63) is 36.4 Å². The quantitative estimate of drug-likeness (QED) is 0.433. The van der Waals surface area contributed by atoms with Gasteiger partial charge in [-0.2, -0.15) is 10.1 Å². The van der Waals surface area contributed by atoms with Crippen LogP contribution in [0.25, 0.3) is 20.8 Å². The number of piperazine rings is 1. The van der Waals surface area contributed by atoms with Crippen LogP contribution < -0.4 is 10.2 Å². The predicted octanol–water partition coefficient (Wildman–Crippen LogP) is 2.58. The van der Waals surface area contributed by atoms with E-state index in [4.69, 9.17) is 15.0 Å². The Morgan fingerprint density at radius 1 is 1.15 bits per heavy atom. The van der Waals surface area contributed by atoms with Crippen molar-refractivity contribution < 1.29 is 5.11 Å². The van der Waals surface area contributed by atoms with Crippen molar-refractivity contribution in [1.82, 2.24) is 34.6 Å². The first-order valence-corrected chi connectivity index (χ1v) is 12.3. The molecule has 2 bridgehead atoms. The van der Waals surface area contributed by atoms with Crippen molar-refractivity contribution in [1.29, 1.82) is 0 Å². The number of pyridine rings is 1. The molecule has 0 aliphatic carbocycles. The molecular formula is C23H27N9OS. The number of hydrogen-bond acceptors (Lipinski definition) is 10. The van der Waals surface area contributed by atoms with E-state index in [1.54, 1.807) is 16.0 Å². The van der Waals surface area contributed by atoms with E-state index in [1.165, 1.54) is 0 Å². The van der Waals surface area contributed by atoms with E-state index in [9.17, 15) is 5.11 Å². The number of thiazole rings is 1. The summed E-state index contributed by atoms with van der Waals surface area (Å²) in [6.45, 7) is 6.39. The Morgan fingerprint density at radius 3 is 2.76 bits per heavy atom. The number of aliphatic hydroxyl groups excluding tert-OH is 1. The SMILES string of the molecule is Cc1cc(Nc2cc3nc(-c4cnn(C)c4)sc3cn2)nc(N2C[C@@H]3C[C@H]2CN3C[C@@H](C)O)n1. The highest BCUT2D eigenvalue weighted by Gasteiger charge is 2.44. The number of anilines is 3. The number of fused-ring (bicyclic) bond motifs is 3. The van der Waals surface area contributed by atoms with E-state index in [0.29, 0.717) is 17.9 Å². The zero-order valence-electron chi connectivity index (χ0n) is 19.4. The summed E-state index contributed by atoms with van der Waals surface area (Å²) in [5.41, 5.74) is 2.80. The highest BCUT2D eigenvalue weighted by molar-refractivity contribution is 7.21. The summed E-state index contributed by atoms with van der Waals surface area (Å²) in [7, 11) is 1.90. The molecule has 11 heteroatoms. The molecule has 0 unspecified atom stereocenters. The second-order valence-electron chi connectivity index (χ2n) is 9.28. The van der Waals surface area contributed by atoms with Crippen molar-refractivity contribution in [2.75, 3.05) is 29.9 Å². The molecule has 2 aliphatic rings. The van der Waals surface area contributed by atoms with Gasteiger partial charge in [0.2, 0.25) is 5.95 Å². The van der Waals surface area contributed by atoms with E-state index >= 15 is 0 Å². The van der Waals surface area contributed by atoms with Gasteiger partial charge in [0.05, 0.1) is 22.5 Å². The molecule has 4 aromatic heterocycles. The fourth-order valence-corrected chi connectivity index (χ4v) is 5.88. The van der Waals surface area contributed by atoms with Crippen LogP contribution in [0.3, 0.4) is 0 Å². The van der Waals surface area contributed by atoms with Crippen LogP contribution >= 0.6 is 11.3 Å². The molecule has 2 aliphatic heterocycles. The Bertz CT molecular complexity index is 1350. The van der Waals surface area contributed by atoms with Gasteiger partial charge in [-0.3, -0.25) is 9.58 Å². The Hall–Kier alpha value is -3.15. The molecule has 2 fully saturated rings. The molecule has 2 N–H and O–H groups in total. The highest BCUT2D eigenvalue weighted by atomic mass is 32.1. The maximum atomic E-state index is 9.76. The number of β-amino-alcohol motifs (C(OH)–C–C–N with tert-alkyl or cyclic N) is 1. The summed E-state index contributed by atoms with van der Waals surface area (Å²) in [5.74, 6) is 2.17. The number of likely N-dealkylation sites (tertiary alicyclic amines) is 1. The number of rotatable bonds is 6. The minimum absolute atomic E-state index is 0.304. The normalized spacial score (nSPS) is 21.0. The Kier molecular flexibility index (Phi) is 5.19. The average molecular weight is 478 g/mol. The van der Waals surface area contributed by atoms with Crippen LogP contribution in [0.2, 0.25) is 0 Å². The molecule has 34 heavy (non-hydrogen) atoms. The Balaban J connectivity index is 1.21. The lowest BCUT2D eigenvalue weighted by Crippen LogP contribution is -2.48. The van der Waals surface area contributed by atoms with Crippen LogP contribution in [0, 0.1) is 6.92 Å². The third kappa shape index (κ3) is 3.99. The highest BCUT2D eigenvalue weighted by Crippen LogP contribution is 2.34. The smallest absolute Gasteiger partial charge is 0.227 e. The lowest BCUT2D eigenvalue weighted by atomic mass is 10.2. The molecule has 0 amide bonds. The van der Waals surface area contributed by atoms with Crippen LogP contribution in [-0.2, 0) is 7.05 Å². The van der Waals surface area contributed by atoms with Crippen LogP contribution in [0.1, 0.15) is 19.0 Å². The van der Waals surface area contributed by atoms with E-state index in [1.807, 2.05) is 51.6 Å². The van der Waals surface area contributed by atoms with Gasteiger partial charge >= 0.3 is 0 Å². The second kappa shape index (κ2) is 8.26. The number of hydrogen-bond donors (Lipinski definition) is 2. The Labute approximate surface area is 201 Å². The van der Waals surface area contributed by atoms with E-state index in [2.05, 4.69) is 25.2 Å². The van der Waals surface area contributed by atoms with Gasteiger partial charge < -0.3 is 15.3 Å². The van der Waals surface area contributed by atoms with E-state index in [-0.39, 0.29) is 6.10 Å². The topological polar surface area (TPSA) is 108 Å². The second-order valence-corrected chi connectivity index (χ2v) is 10.3. The minimum atomic E-state index is -0.304. The van der Waals surface area contributed by atoms with Crippen LogP contribution in [0.4, 0.5) is 17.6 Å². The predicted molar refractivity (Wildman–Crippen MR) is 132 cm³/mol. The van der Waals surface area contributed by atoms with Gasteiger partial charge in [-0.05, 0) is 20.3 Å². The van der Waals surface area contributed by atoms with Crippen molar-refractivity contribution in [2.24, 2.45) is 7.05 Å². The van der Waals surface area contributed by atoms with E-state index < -0.39 is 0 Å². The number of nitrogens with one attached hydrogen (secondary N) is 1. The molecule has 6 rings (SSSR count). The molecular weight excluding hydrogens is 450 g/mol. The molecule has 0 radical (unpaired) electrons. The van der Waals surface area contributed by atoms with Gasteiger partial charge in [-0.1, -0.05) is 0 Å².